The van der Waals surface area contributed by atoms with Gasteiger partial charge in [0.05, 0.1) is 25.5 Å². The summed E-state index contributed by atoms with van der Waals surface area (Å²) in [6.07, 6.45) is 2.43. The minimum absolute atomic E-state index is 0.200. The SMILES string of the molecule is Nc1nc2c(F)cccc2c2nc(Cc3ccc(-c4nnc(CN5CCOCC5)o4)cc3)cn12. The first-order chi connectivity index (χ1) is 16.6. The number of morpholine rings is 1. The first-order valence-corrected chi connectivity index (χ1v) is 11.1. The molecule has 34 heavy (non-hydrogen) atoms. The summed E-state index contributed by atoms with van der Waals surface area (Å²) in [5.41, 5.74) is 9.59. The van der Waals surface area contributed by atoms with E-state index in [2.05, 4.69) is 20.1 Å². The van der Waals surface area contributed by atoms with Gasteiger partial charge < -0.3 is 14.9 Å². The van der Waals surface area contributed by atoms with Crippen LogP contribution in [0.5, 0.6) is 0 Å². The molecular weight excluding hydrogens is 437 g/mol. The van der Waals surface area contributed by atoms with Gasteiger partial charge in [0.15, 0.2) is 0 Å². The minimum Gasteiger partial charge on any atom is -0.419 e. The van der Waals surface area contributed by atoms with Crippen LogP contribution in [0.2, 0.25) is 0 Å². The van der Waals surface area contributed by atoms with Gasteiger partial charge in [-0.05, 0) is 29.8 Å². The number of nitrogen functional groups attached to an aromatic ring is 1. The maximum absolute atomic E-state index is 14.2. The van der Waals surface area contributed by atoms with Gasteiger partial charge in [0.2, 0.25) is 17.7 Å². The van der Waals surface area contributed by atoms with Crippen LogP contribution in [-0.4, -0.2) is 55.8 Å². The van der Waals surface area contributed by atoms with Crippen molar-refractivity contribution in [2.75, 3.05) is 32.0 Å². The van der Waals surface area contributed by atoms with Crippen molar-refractivity contribution in [2.24, 2.45) is 0 Å². The monoisotopic (exact) mass is 459 g/mol. The average molecular weight is 459 g/mol. The van der Waals surface area contributed by atoms with Crippen LogP contribution in [0.4, 0.5) is 10.3 Å². The van der Waals surface area contributed by atoms with Gasteiger partial charge in [0, 0.05) is 36.7 Å². The third-order valence-electron chi connectivity index (χ3n) is 5.97. The van der Waals surface area contributed by atoms with E-state index in [-0.39, 0.29) is 11.5 Å². The molecule has 1 aliphatic rings. The zero-order chi connectivity index (χ0) is 23.1. The Morgan fingerprint density at radius 1 is 1.00 bits per heavy atom. The van der Waals surface area contributed by atoms with Gasteiger partial charge in [0.1, 0.15) is 17.0 Å². The molecule has 172 valence electrons. The Hall–Kier alpha value is -3.89. The first kappa shape index (κ1) is 20.7. The molecule has 2 N–H and O–H groups in total. The molecule has 4 heterocycles. The van der Waals surface area contributed by atoms with Crippen molar-refractivity contribution in [3.05, 3.63) is 71.6 Å². The first-order valence-electron chi connectivity index (χ1n) is 11.1. The summed E-state index contributed by atoms with van der Waals surface area (Å²) >= 11 is 0. The second-order valence-electron chi connectivity index (χ2n) is 8.30. The number of ether oxygens (including phenoxy) is 1. The summed E-state index contributed by atoms with van der Waals surface area (Å²) in [6.45, 7) is 3.80. The molecule has 5 aromatic rings. The van der Waals surface area contributed by atoms with E-state index in [9.17, 15) is 4.39 Å². The van der Waals surface area contributed by atoms with Gasteiger partial charge in [-0.25, -0.2) is 14.4 Å². The lowest BCUT2D eigenvalue weighted by molar-refractivity contribution is 0.0306. The average Bonchev–Trinajstić information content (AvgIpc) is 3.49. The van der Waals surface area contributed by atoms with Gasteiger partial charge in [-0.3, -0.25) is 9.30 Å². The molecule has 0 radical (unpaired) electrons. The number of fused-ring (bicyclic) bond motifs is 3. The number of aromatic nitrogens is 5. The lowest BCUT2D eigenvalue weighted by Crippen LogP contribution is -2.35. The Balaban J connectivity index is 1.21. The Bertz CT molecular complexity index is 1470. The van der Waals surface area contributed by atoms with Crippen molar-refractivity contribution < 1.29 is 13.5 Å². The van der Waals surface area contributed by atoms with Crippen LogP contribution < -0.4 is 5.73 Å². The van der Waals surface area contributed by atoms with Crippen LogP contribution in [0.15, 0.2) is 53.1 Å². The van der Waals surface area contributed by atoms with Gasteiger partial charge in [-0.2, -0.15) is 0 Å². The van der Waals surface area contributed by atoms with Gasteiger partial charge in [-0.1, -0.05) is 18.2 Å². The number of benzene rings is 2. The van der Waals surface area contributed by atoms with E-state index >= 15 is 0 Å². The molecule has 0 saturated carbocycles. The van der Waals surface area contributed by atoms with Crippen molar-refractivity contribution in [3.63, 3.8) is 0 Å². The number of rotatable bonds is 5. The van der Waals surface area contributed by atoms with Crippen molar-refractivity contribution >= 4 is 22.5 Å². The molecule has 0 aliphatic carbocycles. The van der Waals surface area contributed by atoms with E-state index in [1.807, 2.05) is 30.5 Å². The summed E-state index contributed by atoms with van der Waals surface area (Å²) in [5, 5.41) is 9.01. The standard InChI is InChI=1S/C24H22FN7O2/c25-19-3-1-2-18-21(19)28-24(26)32-13-17(27-22(18)32)12-15-4-6-16(7-5-15)23-30-29-20(34-23)14-31-8-10-33-11-9-31/h1-7,13H,8-12,14H2,(H2,26,28). The number of nitrogens with zero attached hydrogens (tertiary/aromatic N) is 6. The van der Waals surface area contributed by atoms with Crippen molar-refractivity contribution in [1.29, 1.82) is 0 Å². The smallest absolute Gasteiger partial charge is 0.247 e. The number of imidazole rings is 1. The van der Waals surface area contributed by atoms with Crippen LogP contribution in [-0.2, 0) is 17.7 Å². The van der Waals surface area contributed by atoms with Crippen LogP contribution in [0, 0.1) is 5.82 Å². The largest absolute Gasteiger partial charge is 0.419 e. The number of halogens is 1. The molecule has 1 aliphatic heterocycles. The summed E-state index contributed by atoms with van der Waals surface area (Å²) < 4.78 is 27.1. The highest BCUT2D eigenvalue weighted by atomic mass is 19.1. The summed E-state index contributed by atoms with van der Waals surface area (Å²) in [5.74, 6) is 0.877. The van der Waals surface area contributed by atoms with E-state index in [0.29, 0.717) is 35.8 Å². The maximum atomic E-state index is 14.2. The summed E-state index contributed by atoms with van der Waals surface area (Å²) in [4.78, 5) is 11.1. The van der Waals surface area contributed by atoms with Crippen molar-refractivity contribution in [2.45, 2.75) is 13.0 Å². The maximum Gasteiger partial charge on any atom is 0.247 e. The molecule has 0 bridgehead atoms. The van der Waals surface area contributed by atoms with Crippen LogP contribution in [0.3, 0.4) is 0 Å². The molecule has 0 atom stereocenters. The van der Waals surface area contributed by atoms with E-state index in [0.717, 1.165) is 43.1 Å². The zero-order valence-corrected chi connectivity index (χ0v) is 18.3. The Labute approximate surface area is 194 Å². The number of para-hydroxylation sites is 1. The fraction of sp³-hybridized carbons (Fsp3) is 0.250. The number of hydrogen-bond donors (Lipinski definition) is 1. The molecule has 2 aromatic carbocycles. The van der Waals surface area contributed by atoms with E-state index < -0.39 is 5.82 Å². The Kier molecular flexibility index (Phi) is 5.16. The van der Waals surface area contributed by atoms with Crippen molar-refractivity contribution in [3.8, 4) is 11.5 Å². The molecule has 1 fully saturated rings. The van der Waals surface area contributed by atoms with E-state index in [1.165, 1.54) is 6.07 Å². The second kappa shape index (κ2) is 8.47. The molecule has 3 aromatic heterocycles. The molecule has 0 unspecified atom stereocenters. The van der Waals surface area contributed by atoms with Crippen LogP contribution >= 0.6 is 0 Å². The lowest BCUT2D eigenvalue weighted by Gasteiger charge is -2.24. The van der Waals surface area contributed by atoms with Gasteiger partial charge in [-0.15, -0.1) is 10.2 Å². The van der Waals surface area contributed by atoms with Crippen LogP contribution in [0.1, 0.15) is 17.1 Å². The topological polar surface area (TPSA) is 108 Å². The molecule has 0 spiro atoms. The molecule has 9 nitrogen and oxygen atoms in total. The number of nitrogens with two attached hydrogens (primary N) is 1. The third-order valence-corrected chi connectivity index (χ3v) is 5.97. The highest BCUT2D eigenvalue weighted by molar-refractivity contribution is 5.92. The molecule has 1 saturated heterocycles. The lowest BCUT2D eigenvalue weighted by atomic mass is 10.1. The zero-order valence-electron chi connectivity index (χ0n) is 18.3. The summed E-state index contributed by atoms with van der Waals surface area (Å²) in [6, 6.07) is 12.7. The Morgan fingerprint density at radius 3 is 2.65 bits per heavy atom. The van der Waals surface area contributed by atoms with Crippen LogP contribution in [0.25, 0.3) is 28.0 Å². The predicted octanol–water partition coefficient (Wildman–Crippen LogP) is 3.08. The molecular formula is C24H22FN7O2. The number of hydrogen-bond acceptors (Lipinski definition) is 8. The van der Waals surface area contributed by atoms with E-state index in [4.69, 9.17) is 19.9 Å². The highest BCUT2D eigenvalue weighted by Crippen LogP contribution is 2.25. The van der Waals surface area contributed by atoms with Gasteiger partial charge >= 0.3 is 0 Å². The summed E-state index contributed by atoms with van der Waals surface area (Å²) in [7, 11) is 0. The Morgan fingerprint density at radius 2 is 1.82 bits per heavy atom. The fourth-order valence-corrected chi connectivity index (χ4v) is 4.22. The van der Waals surface area contributed by atoms with Gasteiger partial charge in [0.25, 0.3) is 0 Å². The third kappa shape index (κ3) is 3.87. The molecule has 0 amide bonds. The predicted molar refractivity (Wildman–Crippen MR) is 123 cm³/mol. The van der Waals surface area contributed by atoms with Crippen molar-refractivity contribution in [1.82, 2.24) is 29.5 Å². The fourth-order valence-electron chi connectivity index (χ4n) is 4.22. The quantitative estimate of drug-likeness (QED) is 0.427. The minimum atomic E-state index is -0.416. The molecule has 6 rings (SSSR count). The number of anilines is 1. The van der Waals surface area contributed by atoms with E-state index in [1.54, 1.807) is 16.5 Å². The highest BCUT2D eigenvalue weighted by Gasteiger charge is 2.16. The second-order valence-corrected chi connectivity index (χ2v) is 8.30. The molecule has 10 heteroatoms. The normalized spacial score (nSPS) is 14.9.